The van der Waals surface area contributed by atoms with Gasteiger partial charge in [0.05, 0.1) is 11.9 Å². The summed E-state index contributed by atoms with van der Waals surface area (Å²) in [6, 6.07) is 0. The first-order valence-corrected chi connectivity index (χ1v) is 7.58. The largest absolute Gasteiger partial charge is 0.341 e. The van der Waals surface area contributed by atoms with Crippen LogP contribution in [0.5, 0.6) is 0 Å². The highest BCUT2D eigenvalue weighted by Gasteiger charge is 2.37. The highest BCUT2D eigenvalue weighted by Crippen LogP contribution is 2.46. The Kier molecular flexibility index (Phi) is 3.74. The predicted octanol–water partition coefficient (Wildman–Crippen LogP) is 0.920. The Labute approximate surface area is 119 Å². The highest BCUT2D eigenvalue weighted by molar-refractivity contribution is 5.76. The fourth-order valence-corrected chi connectivity index (χ4v) is 3.60. The molecule has 1 aliphatic heterocycles. The van der Waals surface area contributed by atoms with Crippen molar-refractivity contribution in [3.8, 4) is 0 Å². The van der Waals surface area contributed by atoms with Crippen LogP contribution in [0.25, 0.3) is 0 Å². The Balaban J connectivity index is 1.53. The number of hydrogen-bond acceptors (Lipinski definition) is 4. The summed E-state index contributed by atoms with van der Waals surface area (Å²) in [5.41, 5.74) is 6.77. The number of aromatic nitrogens is 3. The molecule has 2 aliphatic rings. The van der Waals surface area contributed by atoms with Gasteiger partial charge in [0.15, 0.2) is 0 Å². The molecule has 6 nitrogen and oxygen atoms in total. The molecule has 2 fully saturated rings. The SMILES string of the molecule is NCc1cn(CC(=O)N2CCC3(CCCC3)CC2)nn1. The maximum absolute atomic E-state index is 12.3. The van der Waals surface area contributed by atoms with E-state index in [9.17, 15) is 4.79 Å². The third-order valence-electron chi connectivity index (χ3n) is 4.93. The number of amides is 1. The first-order valence-electron chi connectivity index (χ1n) is 7.58. The molecule has 3 rings (SSSR count). The van der Waals surface area contributed by atoms with Gasteiger partial charge in [0.1, 0.15) is 6.54 Å². The van der Waals surface area contributed by atoms with E-state index in [1.165, 1.54) is 38.5 Å². The van der Waals surface area contributed by atoms with Gasteiger partial charge < -0.3 is 10.6 Å². The first-order chi connectivity index (χ1) is 9.71. The van der Waals surface area contributed by atoms with Crippen LogP contribution < -0.4 is 5.73 Å². The van der Waals surface area contributed by atoms with Crippen LogP contribution in [-0.4, -0.2) is 38.9 Å². The zero-order valence-electron chi connectivity index (χ0n) is 11.9. The molecule has 0 aromatic carbocycles. The summed E-state index contributed by atoms with van der Waals surface area (Å²) in [7, 11) is 0. The van der Waals surface area contributed by atoms with Gasteiger partial charge in [-0.2, -0.15) is 0 Å². The molecule has 1 saturated carbocycles. The predicted molar refractivity (Wildman–Crippen MR) is 74.6 cm³/mol. The lowest BCUT2D eigenvalue weighted by molar-refractivity contribution is -0.134. The van der Waals surface area contributed by atoms with E-state index in [0.717, 1.165) is 18.8 Å². The fourth-order valence-electron chi connectivity index (χ4n) is 3.60. The van der Waals surface area contributed by atoms with Gasteiger partial charge in [-0.15, -0.1) is 5.10 Å². The molecule has 1 spiro atoms. The summed E-state index contributed by atoms with van der Waals surface area (Å²) in [5.74, 6) is 0.145. The Hall–Kier alpha value is -1.43. The van der Waals surface area contributed by atoms with Gasteiger partial charge in [0.25, 0.3) is 0 Å². The number of rotatable bonds is 3. The van der Waals surface area contributed by atoms with Gasteiger partial charge in [0.2, 0.25) is 5.91 Å². The number of hydrogen-bond donors (Lipinski definition) is 1. The molecule has 0 unspecified atom stereocenters. The van der Waals surface area contributed by atoms with E-state index in [1.54, 1.807) is 10.9 Å². The lowest BCUT2D eigenvalue weighted by Crippen LogP contribution is -2.43. The standard InChI is InChI=1S/C14H23N5O/c15-9-12-10-19(17-16-12)11-13(20)18-7-5-14(6-8-18)3-1-2-4-14/h10H,1-9,11,15H2. The van der Waals surface area contributed by atoms with Crippen LogP contribution in [0.15, 0.2) is 6.20 Å². The van der Waals surface area contributed by atoms with Crippen LogP contribution in [0, 0.1) is 5.41 Å². The van der Waals surface area contributed by atoms with E-state index in [4.69, 9.17) is 5.73 Å². The topological polar surface area (TPSA) is 77.0 Å². The van der Waals surface area contributed by atoms with E-state index in [-0.39, 0.29) is 12.5 Å². The smallest absolute Gasteiger partial charge is 0.244 e. The minimum Gasteiger partial charge on any atom is -0.341 e. The molecule has 0 radical (unpaired) electrons. The summed E-state index contributed by atoms with van der Waals surface area (Å²) in [6.45, 7) is 2.44. The van der Waals surface area contributed by atoms with Gasteiger partial charge in [-0.25, -0.2) is 4.68 Å². The molecule has 110 valence electrons. The monoisotopic (exact) mass is 277 g/mol. The molecule has 1 aromatic heterocycles. The van der Waals surface area contributed by atoms with Crippen molar-refractivity contribution in [1.29, 1.82) is 0 Å². The molecule has 1 saturated heterocycles. The summed E-state index contributed by atoms with van der Waals surface area (Å²) >= 11 is 0. The first kappa shape index (κ1) is 13.5. The summed E-state index contributed by atoms with van der Waals surface area (Å²) in [5, 5.41) is 7.84. The van der Waals surface area contributed by atoms with Gasteiger partial charge in [-0.3, -0.25) is 4.79 Å². The number of carbonyl (C=O) groups excluding carboxylic acids is 1. The number of likely N-dealkylation sites (tertiary alicyclic amines) is 1. The van der Waals surface area contributed by atoms with Crippen LogP contribution >= 0.6 is 0 Å². The van der Waals surface area contributed by atoms with Crippen molar-refractivity contribution in [2.24, 2.45) is 11.1 Å². The Morgan fingerprint density at radius 2 is 1.95 bits per heavy atom. The third-order valence-corrected chi connectivity index (χ3v) is 4.93. The van der Waals surface area contributed by atoms with Crippen molar-refractivity contribution in [1.82, 2.24) is 19.9 Å². The van der Waals surface area contributed by atoms with E-state index < -0.39 is 0 Å². The Morgan fingerprint density at radius 1 is 1.25 bits per heavy atom. The van der Waals surface area contributed by atoms with E-state index in [2.05, 4.69) is 10.3 Å². The molecule has 0 atom stereocenters. The number of piperidine rings is 1. The third kappa shape index (κ3) is 2.70. The summed E-state index contributed by atoms with van der Waals surface area (Å²) in [6.07, 6.45) is 9.55. The lowest BCUT2D eigenvalue weighted by Gasteiger charge is -2.39. The van der Waals surface area contributed by atoms with Gasteiger partial charge >= 0.3 is 0 Å². The van der Waals surface area contributed by atoms with E-state index in [0.29, 0.717) is 12.0 Å². The molecule has 2 heterocycles. The van der Waals surface area contributed by atoms with Crippen LogP contribution in [0.3, 0.4) is 0 Å². The van der Waals surface area contributed by atoms with Crippen molar-refractivity contribution < 1.29 is 4.79 Å². The average molecular weight is 277 g/mol. The van der Waals surface area contributed by atoms with Crippen LogP contribution in [0.2, 0.25) is 0 Å². The summed E-state index contributed by atoms with van der Waals surface area (Å²) < 4.78 is 1.59. The molecule has 20 heavy (non-hydrogen) atoms. The quantitative estimate of drug-likeness (QED) is 0.891. The highest BCUT2D eigenvalue weighted by atomic mass is 16.2. The number of nitrogens with two attached hydrogens (primary N) is 1. The fraction of sp³-hybridized carbons (Fsp3) is 0.786. The van der Waals surface area contributed by atoms with E-state index >= 15 is 0 Å². The van der Waals surface area contributed by atoms with Crippen LogP contribution in [0.1, 0.15) is 44.2 Å². The van der Waals surface area contributed by atoms with Crippen molar-refractivity contribution in [2.75, 3.05) is 13.1 Å². The zero-order valence-corrected chi connectivity index (χ0v) is 11.9. The molecule has 2 N–H and O–H groups in total. The van der Waals surface area contributed by atoms with E-state index in [1.807, 2.05) is 4.90 Å². The molecular weight excluding hydrogens is 254 g/mol. The zero-order chi connectivity index (χ0) is 14.0. The van der Waals surface area contributed by atoms with Gasteiger partial charge in [0, 0.05) is 19.6 Å². The van der Waals surface area contributed by atoms with Crippen molar-refractivity contribution in [3.05, 3.63) is 11.9 Å². The average Bonchev–Trinajstić information content (AvgIpc) is 3.09. The van der Waals surface area contributed by atoms with Gasteiger partial charge in [-0.05, 0) is 31.1 Å². The molecule has 6 heteroatoms. The number of carbonyl (C=O) groups is 1. The van der Waals surface area contributed by atoms with Crippen molar-refractivity contribution >= 4 is 5.91 Å². The Morgan fingerprint density at radius 3 is 2.55 bits per heavy atom. The maximum atomic E-state index is 12.3. The van der Waals surface area contributed by atoms with Crippen molar-refractivity contribution in [2.45, 2.75) is 51.6 Å². The molecule has 0 bridgehead atoms. The second-order valence-electron chi connectivity index (χ2n) is 6.20. The van der Waals surface area contributed by atoms with Crippen molar-refractivity contribution in [3.63, 3.8) is 0 Å². The van der Waals surface area contributed by atoms with Crippen LogP contribution in [0.4, 0.5) is 0 Å². The maximum Gasteiger partial charge on any atom is 0.244 e. The molecule has 1 aromatic rings. The summed E-state index contributed by atoms with van der Waals surface area (Å²) in [4.78, 5) is 14.3. The minimum absolute atomic E-state index is 0.145. The Bertz CT molecular complexity index is 468. The minimum atomic E-state index is 0.145. The number of nitrogens with zero attached hydrogens (tertiary/aromatic N) is 4. The molecular formula is C14H23N5O. The van der Waals surface area contributed by atoms with Gasteiger partial charge in [-0.1, -0.05) is 18.1 Å². The second kappa shape index (κ2) is 5.52. The van der Waals surface area contributed by atoms with Crippen LogP contribution in [-0.2, 0) is 17.9 Å². The molecule has 1 aliphatic carbocycles. The second-order valence-corrected chi connectivity index (χ2v) is 6.20. The lowest BCUT2D eigenvalue weighted by atomic mass is 9.77. The normalized spacial score (nSPS) is 21.6. The molecule has 1 amide bonds.